The average molecular weight is 618 g/mol. The third-order valence-corrected chi connectivity index (χ3v) is 7.68. The fraction of sp³-hybridized carbons (Fsp3) is 0.455. The van der Waals surface area contributed by atoms with Gasteiger partial charge in [-0.15, -0.1) is 0 Å². The van der Waals surface area contributed by atoms with Crippen molar-refractivity contribution < 1.29 is 33.4 Å². The molecule has 1 saturated heterocycles. The zero-order valence-corrected chi connectivity index (χ0v) is 25.6. The van der Waals surface area contributed by atoms with Crippen LogP contribution in [0, 0.1) is 11.8 Å². The molecule has 12 heteroatoms. The molecule has 0 saturated carbocycles. The number of esters is 2. The molecule has 2 N–H and O–H groups in total. The van der Waals surface area contributed by atoms with Crippen LogP contribution in [0.15, 0.2) is 71.9 Å². The fourth-order valence-corrected chi connectivity index (χ4v) is 5.21. The molecule has 12 nitrogen and oxygen atoms in total. The van der Waals surface area contributed by atoms with Crippen molar-refractivity contribution in [1.82, 2.24) is 10.6 Å². The van der Waals surface area contributed by atoms with Crippen molar-refractivity contribution in [3.05, 3.63) is 88.3 Å². The van der Waals surface area contributed by atoms with E-state index in [1.165, 1.54) is 6.08 Å². The van der Waals surface area contributed by atoms with Crippen molar-refractivity contribution >= 4 is 29.4 Å². The molecule has 0 bridgehead atoms. The Hall–Kier alpha value is -4.67. The lowest BCUT2D eigenvalue weighted by Crippen LogP contribution is -2.48. The van der Waals surface area contributed by atoms with Crippen molar-refractivity contribution in [3.63, 3.8) is 0 Å². The molecule has 45 heavy (non-hydrogen) atoms. The second kappa shape index (κ2) is 15.9. The Bertz CT molecular complexity index is 1420. The Morgan fingerprint density at radius 3 is 2.42 bits per heavy atom. The highest BCUT2D eigenvalue weighted by atomic mass is 16.6. The lowest BCUT2D eigenvalue weighted by molar-refractivity contribution is -0.174. The number of ether oxygens (including phenoxy) is 3. The number of nitrogens with zero attached hydrogens (tertiary/aromatic N) is 3. The molecule has 2 aromatic rings. The van der Waals surface area contributed by atoms with E-state index in [1.54, 1.807) is 30.3 Å². The number of amides is 2. The molecule has 2 heterocycles. The number of benzene rings is 2. The first-order chi connectivity index (χ1) is 21.6. The topological polar surface area (TPSA) is 172 Å². The molecule has 1 fully saturated rings. The quantitative estimate of drug-likeness (QED) is 0.141. The minimum atomic E-state index is -1.12. The third-order valence-electron chi connectivity index (χ3n) is 7.68. The van der Waals surface area contributed by atoms with Crippen LogP contribution in [0.3, 0.4) is 0 Å². The molecule has 6 atom stereocenters. The molecule has 2 aromatic carbocycles. The maximum atomic E-state index is 13.4. The predicted octanol–water partition coefficient (Wildman–Crippen LogP) is 4.77. The highest BCUT2D eigenvalue weighted by Crippen LogP contribution is 2.45. The van der Waals surface area contributed by atoms with Gasteiger partial charge in [0.2, 0.25) is 11.8 Å². The summed E-state index contributed by atoms with van der Waals surface area (Å²) in [7, 11) is 0. The molecule has 2 aliphatic heterocycles. The van der Waals surface area contributed by atoms with Gasteiger partial charge in [-0.25, -0.2) is 4.79 Å². The standard InChI is InChI=1S/C33H39N5O7/c1-20(2)18-27-33(42)44-26(21(3)30-31(45-30)23-8-5-4-6-9-23)10-7-11-28(39)36-25(32(41)35-17-16-29(40)43-27)19-22-12-14-24(15-13-22)37-38-34/h4-9,11-15,20-21,25-27,30-31H,10,16-19H2,1-3H3,(H,35,41)(H,36,39)/b11-7+/t21-,25+,26-,27-,30?,31?/m0/s1. The third kappa shape index (κ3) is 9.92. The van der Waals surface area contributed by atoms with Crippen LogP contribution in [-0.2, 0) is 39.8 Å². The number of epoxide rings is 1. The van der Waals surface area contributed by atoms with Crippen LogP contribution in [0.4, 0.5) is 5.69 Å². The number of cyclic esters (lactones) is 2. The zero-order chi connectivity index (χ0) is 32.3. The maximum absolute atomic E-state index is 13.4. The van der Waals surface area contributed by atoms with E-state index in [2.05, 4.69) is 20.7 Å². The van der Waals surface area contributed by atoms with Crippen LogP contribution in [0.1, 0.15) is 57.3 Å². The lowest BCUT2D eigenvalue weighted by atomic mass is 9.93. The van der Waals surface area contributed by atoms with Crippen LogP contribution < -0.4 is 10.6 Å². The molecular weight excluding hydrogens is 578 g/mol. The molecule has 0 aromatic heterocycles. The highest BCUT2D eigenvalue weighted by Gasteiger charge is 2.47. The average Bonchev–Trinajstić information content (AvgIpc) is 3.81. The Morgan fingerprint density at radius 1 is 1.00 bits per heavy atom. The van der Waals surface area contributed by atoms with Crippen molar-refractivity contribution in [3.8, 4) is 0 Å². The van der Waals surface area contributed by atoms with Crippen LogP contribution >= 0.6 is 0 Å². The summed E-state index contributed by atoms with van der Waals surface area (Å²) in [6, 6.07) is 15.4. The van der Waals surface area contributed by atoms with Gasteiger partial charge in [0.1, 0.15) is 18.2 Å². The van der Waals surface area contributed by atoms with Crippen molar-refractivity contribution in [1.29, 1.82) is 0 Å². The van der Waals surface area contributed by atoms with E-state index in [4.69, 9.17) is 19.7 Å². The Balaban J connectivity index is 1.54. The highest BCUT2D eigenvalue weighted by molar-refractivity contribution is 5.93. The van der Waals surface area contributed by atoms with Crippen LogP contribution in [0.25, 0.3) is 10.4 Å². The molecule has 238 valence electrons. The number of azide groups is 1. The van der Waals surface area contributed by atoms with E-state index in [0.29, 0.717) is 5.69 Å². The summed E-state index contributed by atoms with van der Waals surface area (Å²) in [6.45, 7) is 5.69. The first kappa shape index (κ1) is 33.2. The van der Waals surface area contributed by atoms with Crippen LogP contribution in [0.5, 0.6) is 0 Å². The van der Waals surface area contributed by atoms with Crippen molar-refractivity contribution in [2.45, 2.75) is 76.9 Å². The van der Waals surface area contributed by atoms with Crippen molar-refractivity contribution in [2.24, 2.45) is 17.0 Å². The summed E-state index contributed by atoms with van der Waals surface area (Å²) in [5.41, 5.74) is 10.8. The normalized spacial score (nSPS) is 26.0. The lowest BCUT2D eigenvalue weighted by Gasteiger charge is -2.26. The first-order valence-electron chi connectivity index (χ1n) is 15.1. The van der Waals surface area contributed by atoms with E-state index in [9.17, 15) is 19.2 Å². The molecule has 0 aliphatic carbocycles. The Labute approximate surface area is 262 Å². The molecule has 4 rings (SSSR count). The van der Waals surface area contributed by atoms with Gasteiger partial charge in [0.05, 0.1) is 12.5 Å². The molecule has 0 radical (unpaired) electrons. The van der Waals surface area contributed by atoms with Crippen LogP contribution in [0.2, 0.25) is 0 Å². The molecule has 2 unspecified atom stereocenters. The molecule has 2 aliphatic rings. The minimum Gasteiger partial charge on any atom is -0.459 e. The van der Waals surface area contributed by atoms with E-state index >= 15 is 0 Å². The summed E-state index contributed by atoms with van der Waals surface area (Å²) >= 11 is 0. The summed E-state index contributed by atoms with van der Waals surface area (Å²) in [5.74, 6) is -2.51. The number of rotatable bonds is 8. The van der Waals surface area contributed by atoms with Crippen molar-refractivity contribution in [2.75, 3.05) is 6.54 Å². The minimum absolute atomic E-state index is 0.0378. The SMILES string of the molecule is CC(C)C[C@@H]1OC(=O)CCNC(=O)[C@@H](Cc2ccc(N=[N+]=[N-])cc2)NC(=O)/C=C/C[C@@H]([C@H](C)C2OC2c2ccccc2)OC1=O. The van der Waals surface area contributed by atoms with Gasteiger partial charge in [0.25, 0.3) is 0 Å². The fourth-order valence-electron chi connectivity index (χ4n) is 5.21. The van der Waals surface area contributed by atoms with Gasteiger partial charge in [0, 0.05) is 35.9 Å². The number of hydrogen-bond acceptors (Lipinski definition) is 8. The summed E-state index contributed by atoms with van der Waals surface area (Å²) in [6.07, 6.45) is 1.22. The number of hydrogen-bond donors (Lipinski definition) is 2. The van der Waals surface area contributed by atoms with Gasteiger partial charge in [0.15, 0.2) is 6.10 Å². The second-order valence-electron chi connectivity index (χ2n) is 11.7. The number of carbonyl (C=O) groups excluding carboxylic acids is 4. The Morgan fingerprint density at radius 2 is 1.73 bits per heavy atom. The monoisotopic (exact) mass is 617 g/mol. The van der Waals surface area contributed by atoms with Gasteiger partial charge >= 0.3 is 11.9 Å². The van der Waals surface area contributed by atoms with Gasteiger partial charge in [-0.05, 0) is 35.1 Å². The zero-order valence-electron chi connectivity index (χ0n) is 25.6. The maximum Gasteiger partial charge on any atom is 0.347 e. The second-order valence-corrected chi connectivity index (χ2v) is 11.7. The molecule has 2 amide bonds. The number of nitrogens with one attached hydrogen (secondary N) is 2. The van der Waals surface area contributed by atoms with E-state index in [1.807, 2.05) is 51.1 Å². The molecule has 0 spiro atoms. The van der Waals surface area contributed by atoms with Gasteiger partial charge < -0.3 is 24.8 Å². The summed E-state index contributed by atoms with van der Waals surface area (Å²) in [5, 5.41) is 8.94. The van der Waals surface area contributed by atoms with Gasteiger partial charge in [-0.3, -0.25) is 14.4 Å². The first-order valence-corrected chi connectivity index (χ1v) is 15.1. The smallest absolute Gasteiger partial charge is 0.347 e. The largest absolute Gasteiger partial charge is 0.459 e. The van der Waals surface area contributed by atoms with Gasteiger partial charge in [-0.2, -0.15) is 0 Å². The van der Waals surface area contributed by atoms with E-state index in [0.717, 1.165) is 11.1 Å². The summed E-state index contributed by atoms with van der Waals surface area (Å²) in [4.78, 5) is 54.9. The van der Waals surface area contributed by atoms with Crippen LogP contribution in [-0.4, -0.2) is 54.7 Å². The Kier molecular flexibility index (Phi) is 11.7. The molecular formula is C33H39N5O7. The summed E-state index contributed by atoms with van der Waals surface area (Å²) < 4.78 is 17.5. The predicted molar refractivity (Wildman–Crippen MR) is 165 cm³/mol. The van der Waals surface area contributed by atoms with E-state index in [-0.39, 0.29) is 56.3 Å². The van der Waals surface area contributed by atoms with E-state index < -0.39 is 42.0 Å². The number of carbonyl (C=O) groups is 4. The van der Waals surface area contributed by atoms with Gasteiger partial charge in [-0.1, -0.05) is 86.6 Å².